The van der Waals surface area contributed by atoms with Crippen LogP contribution in [-0.2, 0) is 19.4 Å². The largest absolute Gasteiger partial charge is 0.363 e. The number of nitrogens with one attached hydrogen (secondary N) is 2. The van der Waals surface area contributed by atoms with Gasteiger partial charge in [-0.25, -0.2) is 4.98 Å². The minimum Gasteiger partial charge on any atom is -0.363 e. The first-order chi connectivity index (χ1) is 12.2. The van der Waals surface area contributed by atoms with Crippen LogP contribution in [0.25, 0.3) is 0 Å². The summed E-state index contributed by atoms with van der Waals surface area (Å²) in [5, 5.41) is 22.3. The van der Waals surface area contributed by atoms with E-state index in [1.165, 1.54) is 12.1 Å². The normalized spacial score (nSPS) is 13.7. The molecule has 0 bridgehead atoms. The van der Waals surface area contributed by atoms with Crippen LogP contribution in [0, 0.1) is 22.7 Å². The zero-order valence-corrected chi connectivity index (χ0v) is 13.9. The lowest BCUT2D eigenvalue weighted by Crippen LogP contribution is -2.13. The summed E-state index contributed by atoms with van der Waals surface area (Å²) in [5.74, 6) is 0.420. The first-order valence-electron chi connectivity index (χ1n) is 8.50. The van der Waals surface area contributed by atoms with E-state index in [1.807, 2.05) is 0 Å². The van der Waals surface area contributed by atoms with Crippen molar-refractivity contribution >= 4 is 5.82 Å². The molecule has 0 spiro atoms. The van der Waals surface area contributed by atoms with Gasteiger partial charge in [0, 0.05) is 29.7 Å². The molecule has 1 aliphatic rings. The van der Waals surface area contributed by atoms with Gasteiger partial charge in [0.25, 0.3) is 0 Å². The molecule has 0 unspecified atom stereocenters. The third kappa shape index (κ3) is 3.70. The summed E-state index contributed by atoms with van der Waals surface area (Å²) in [6, 6.07) is 7.28. The number of H-pyrrole nitrogens is 1. The van der Waals surface area contributed by atoms with Crippen LogP contribution in [0.3, 0.4) is 0 Å². The molecule has 2 aromatic heterocycles. The zero-order valence-electron chi connectivity index (χ0n) is 13.9. The number of anilines is 1. The number of pyridine rings is 2. The topological polar surface area (TPSA) is 105 Å². The molecule has 0 aliphatic heterocycles. The molecule has 2 N–H and O–H groups in total. The number of hydrogen-bond acceptors (Lipinski definition) is 5. The van der Waals surface area contributed by atoms with Crippen LogP contribution in [0.15, 0.2) is 23.1 Å². The third-order valence-corrected chi connectivity index (χ3v) is 4.48. The summed E-state index contributed by atoms with van der Waals surface area (Å²) >= 11 is 0. The van der Waals surface area contributed by atoms with Gasteiger partial charge in [0.1, 0.15) is 23.5 Å². The van der Waals surface area contributed by atoms with E-state index in [2.05, 4.69) is 27.4 Å². The Hall–Kier alpha value is -3.12. The van der Waals surface area contributed by atoms with Crippen LogP contribution in [0.2, 0.25) is 0 Å². The second-order valence-corrected chi connectivity index (χ2v) is 6.18. The van der Waals surface area contributed by atoms with Gasteiger partial charge in [0.15, 0.2) is 5.43 Å². The second kappa shape index (κ2) is 7.63. The fourth-order valence-corrected chi connectivity index (χ4v) is 3.23. The molecule has 2 heterocycles. The highest BCUT2D eigenvalue weighted by Crippen LogP contribution is 2.28. The van der Waals surface area contributed by atoms with E-state index in [0.717, 1.165) is 49.8 Å². The average molecular weight is 333 g/mol. The first-order valence-corrected chi connectivity index (χ1v) is 8.50. The Morgan fingerprint density at radius 1 is 1.12 bits per heavy atom. The fourth-order valence-electron chi connectivity index (χ4n) is 3.23. The lowest BCUT2D eigenvalue weighted by atomic mass is 9.91. The highest BCUT2D eigenvalue weighted by molar-refractivity contribution is 5.63. The van der Waals surface area contributed by atoms with Crippen LogP contribution < -0.4 is 10.7 Å². The minimum atomic E-state index is -0.0834. The van der Waals surface area contributed by atoms with E-state index in [1.54, 1.807) is 6.20 Å². The second-order valence-electron chi connectivity index (χ2n) is 6.18. The standard InChI is InChI=1S/C19H19N5O/c20-10-16-15-5-3-1-2-4-6-18(15)24-19(17(16)11-21)23-12-13-9-14(25)7-8-22-13/h7-9H,1-6,12H2,(H,22,25)(H,23,24). The Kier molecular flexibility index (Phi) is 5.11. The molecule has 6 nitrogen and oxygen atoms in total. The van der Waals surface area contributed by atoms with Gasteiger partial charge in [-0.15, -0.1) is 0 Å². The van der Waals surface area contributed by atoms with Crippen molar-refractivity contribution in [3.8, 4) is 12.1 Å². The molecule has 25 heavy (non-hydrogen) atoms. The van der Waals surface area contributed by atoms with Crippen LogP contribution in [-0.4, -0.2) is 9.97 Å². The Balaban J connectivity index is 1.98. The Morgan fingerprint density at radius 2 is 1.88 bits per heavy atom. The summed E-state index contributed by atoms with van der Waals surface area (Å²) in [6.45, 7) is 0.335. The molecule has 2 aromatic rings. The monoisotopic (exact) mass is 333 g/mol. The molecule has 3 rings (SSSR count). The van der Waals surface area contributed by atoms with E-state index >= 15 is 0 Å². The van der Waals surface area contributed by atoms with Gasteiger partial charge in [-0.3, -0.25) is 4.79 Å². The molecule has 1 aliphatic carbocycles. The van der Waals surface area contributed by atoms with E-state index in [4.69, 9.17) is 0 Å². The van der Waals surface area contributed by atoms with E-state index in [-0.39, 0.29) is 5.43 Å². The summed E-state index contributed by atoms with van der Waals surface area (Å²) in [5.41, 5.74) is 3.19. The number of aryl methyl sites for hydroxylation is 1. The Labute approximate surface area is 146 Å². The van der Waals surface area contributed by atoms with Gasteiger partial charge in [0.2, 0.25) is 0 Å². The van der Waals surface area contributed by atoms with Crippen molar-refractivity contribution in [1.82, 2.24) is 9.97 Å². The summed E-state index contributed by atoms with van der Waals surface area (Å²) in [6.07, 6.45) is 7.58. The number of fused-ring (bicyclic) bond motifs is 1. The van der Waals surface area contributed by atoms with E-state index < -0.39 is 0 Å². The van der Waals surface area contributed by atoms with Gasteiger partial charge in [-0.1, -0.05) is 12.8 Å². The van der Waals surface area contributed by atoms with Gasteiger partial charge in [-0.05, 0) is 31.2 Å². The molecule has 0 aromatic carbocycles. The van der Waals surface area contributed by atoms with E-state index in [9.17, 15) is 15.3 Å². The van der Waals surface area contributed by atoms with Crippen molar-refractivity contribution in [2.45, 2.75) is 45.1 Å². The lowest BCUT2D eigenvalue weighted by molar-refractivity contribution is 0.608. The van der Waals surface area contributed by atoms with Gasteiger partial charge in [0.05, 0.1) is 12.1 Å². The van der Waals surface area contributed by atoms with Gasteiger partial charge >= 0.3 is 0 Å². The highest BCUT2D eigenvalue weighted by atomic mass is 16.1. The van der Waals surface area contributed by atoms with Crippen molar-refractivity contribution in [3.05, 3.63) is 56.6 Å². The van der Waals surface area contributed by atoms with Gasteiger partial charge in [-0.2, -0.15) is 10.5 Å². The average Bonchev–Trinajstić information content (AvgIpc) is 2.60. The van der Waals surface area contributed by atoms with Crippen molar-refractivity contribution < 1.29 is 0 Å². The molecular weight excluding hydrogens is 314 g/mol. The SMILES string of the molecule is N#Cc1c(NCc2cc(=O)cc[nH]2)nc2c(c1C#N)CCCCCC2. The number of nitriles is 2. The summed E-state index contributed by atoms with van der Waals surface area (Å²) in [7, 11) is 0. The van der Waals surface area contributed by atoms with Crippen molar-refractivity contribution in [2.24, 2.45) is 0 Å². The van der Waals surface area contributed by atoms with Crippen molar-refractivity contribution in [3.63, 3.8) is 0 Å². The molecule has 126 valence electrons. The maximum atomic E-state index is 11.4. The molecule has 0 amide bonds. The van der Waals surface area contributed by atoms with E-state index in [0.29, 0.717) is 29.2 Å². The number of aromatic amines is 1. The van der Waals surface area contributed by atoms with Crippen molar-refractivity contribution in [2.75, 3.05) is 5.32 Å². The molecule has 6 heteroatoms. The summed E-state index contributed by atoms with van der Waals surface area (Å²) in [4.78, 5) is 19.1. The number of aromatic nitrogens is 2. The first kappa shape index (κ1) is 16.7. The maximum Gasteiger partial charge on any atom is 0.181 e. The third-order valence-electron chi connectivity index (χ3n) is 4.48. The Bertz CT molecular complexity index is 917. The van der Waals surface area contributed by atoms with Gasteiger partial charge < -0.3 is 10.3 Å². The molecule has 0 saturated carbocycles. The highest BCUT2D eigenvalue weighted by Gasteiger charge is 2.20. The number of hydrogen-bond donors (Lipinski definition) is 2. The number of nitrogens with zero attached hydrogens (tertiary/aromatic N) is 3. The molecule has 0 atom stereocenters. The predicted molar refractivity (Wildman–Crippen MR) is 93.9 cm³/mol. The molecular formula is C19H19N5O. The van der Waals surface area contributed by atoms with Crippen LogP contribution >= 0.6 is 0 Å². The maximum absolute atomic E-state index is 11.4. The minimum absolute atomic E-state index is 0.0834. The quantitative estimate of drug-likeness (QED) is 0.898. The zero-order chi connectivity index (χ0) is 17.6. The molecule has 0 saturated heterocycles. The van der Waals surface area contributed by atoms with Crippen LogP contribution in [0.1, 0.15) is 53.8 Å². The predicted octanol–water partition coefficient (Wildman–Crippen LogP) is 2.78. The van der Waals surface area contributed by atoms with Crippen molar-refractivity contribution in [1.29, 1.82) is 10.5 Å². The Morgan fingerprint density at radius 3 is 2.60 bits per heavy atom. The number of rotatable bonds is 3. The smallest absolute Gasteiger partial charge is 0.181 e. The van der Waals surface area contributed by atoms with Crippen LogP contribution in [0.4, 0.5) is 5.82 Å². The summed E-state index contributed by atoms with van der Waals surface area (Å²) < 4.78 is 0. The fraction of sp³-hybridized carbons (Fsp3) is 0.368. The molecule has 0 radical (unpaired) electrons. The molecule has 0 fully saturated rings. The van der Waals surface area contributed by atoms with Crippen LogP contribution in [0.5, 0.6) is 0 Å². The lowest BCUT2D eigenvalue weighted by Gasteiger charge is -2.18.